The second-order valence-corrected chi connectivity index (χ2v) is 6.12. The average Bonchev–Trinajstić information content (AvgIpc) is 3.16. The Bertz CT molecular complexity index is 748. The van der Waals surface area contributed by atoms with Crippen LogP contribution >= 0.6 is 11.8 Å². The number of anilines is 1. The van der Waals surface area contributed by atoms with Crippen LogP contribution in [0.25, 0.3) is 0 Å². The minimum absolute atomic E-state index is 0.147. The average molecular weight is 364 g/mol. The van der Waals surface area contributed by atoms with E-state index in [4.69, 9.17) is 14.2 Å². The Morgan fingerprint density at radius 3 is 2.96 bits per heavy atom. The number of nitrogens with one attached hydrogen (secondary N) is 1. The summed E-state index contributed by atoms with van der Waals surface area (Å²) in [5.41, 5.74) is 0.532. The van der Waals surface area contributed by atoms with Crippen molar-refractivity contribution in [1.82, 2.24) is 4.90 Å². The molecule has 1 N–H and O–H groups in total. The van der Waals surface area contributed by atoms with Gasteiger partial charge in [0.1, 0.15) is 6.54 Å². The van der Waals surface area contributed by atoms with Gasteiger partial charge in [0.2, 0.25) is 18.6 Å². The second kappa shape index (κ2) is 7.47. The van der Waals surface area contributed by atoms with E-state index in [-0.39, 0.29) is 37.5 Å². The first kappa shape index (κ1) is 17.2. The van der Waals surface area contributed by atoms with E-state index >= 15 is 0 Å². The van der Waals surface area contributed by atoms with Crippen LogP contribution in [-0.4, -0.2) is 48.4 Å². The molecule has 1 saturated heterocycles. The summed E-state index contributed by atoms with van der Waals surface area (Å²) in [7, 11) is 0. The first-order valence-corrected chi connectivity index (χ1v) is 8.56. The summed E-state index contributed by atoms with van der Waals surface area (Å²) < 4.78 is 15.3. The molecule has 1 aromatic rings. The molecule has 2 aliphatic rings. The molecule has 0 unspecified atom stereocenters. The van der Waals surface area contributed by atoms with Crippen LogP contribution in [0, 0.1) is 0 Å². The molecule has 9 heteroatoms. The molecule has 3 rings (SSSR count). The number of thioether (sulfide) groups is 1. The maximum Gasteiger partial charge on any atom is 0.333 e. The highest BCUT2D eigenvalue weighted by molar-refractivity contribution is 8.04. The molecule has 2 heterocycles. The van der Waals surface area contributed by atoms with Crippen molar-refractivity contribution in [3.05, 3.63) is 29.3 Å². The Kier molecular flexibility index (Phi) is 5.13. The lowest BCUT2D eigenvalue weighted by Gasteiger charge is -2.16. The zero-order valence-corrected chi connectivity index (χ0v) is 14.3. The number of nitrogens with zero attached hydrogens (tertiary/aromatic N) is 1. The summed E-state index contributed by atoms with van der Waals surface area (Å²) in [6.45, 7) is 1.89. The normalized spacial score (nSPS) is 17.1. The summed E-state index contributed by atoms with van der Waals surface area (Å²) in [5.74, 6) is 0.187. The van der Waals surface area contributed by atoms with Gasteiger partial charge in [0.25, 0.3) is 0 Å². The number of amides is 2. The quantitative estimate of drug-likeness (QED) is 0.622. The molecular weight excluding hydrogens is 348 g/mol. The summed E-state index contributed by atoms with van der Waals surface area (Å²) in [6, 6.07) is 5.03. The van der Waals surface area contributed by atoms with Crippen LogP contribution in [0.1, 0.15) is 6.92 Å². The number of fused-ring (bicyclic) bond motifs is 1. The third-order valence-corrected chi connectivity index (χ3v) is 4.42. The Morgan fingerprint density at radius 2 is 2.16 bits per heavy atom. The Balaban J connectivity index is 1.64. The highest BCUT2D eigenvalue weighted by Gasteiger charge is 2.29. The van der Waals surface area contributed by atoms with Crippen molar-refractivity contribution in [3.63, 3.8) is 0 Å². The van der Waals surface area contributed by atoms with Gasteiger partial charge in [-0.2, -0.15) is 0 Å². The topological polar surface area (TPSA) is 94.2 Å². The van der Waals surface area contributed by atoms with Crippen LogP contribution in [0.2, 0.25) is 0 Å². The number of hydrogen-bond donors (Lipinski definition) is 1. The van der Waals surface area contributed by atoms with Crippen LogP contribution in [0.15, 0.2) is 29.3 Å². The predicted octanol–water partition coefficient (Wildman–Crippen LogP) is 1.33. The van der Waals surface area contributed by atoms with Crippen molar-refractivity contribution >= 4 is 35.2 Å². The van der Waals surface area contributed by atoms with E-state index in [0.717, 1.165) is 0 Å². The van der Waals surface area contributed by atoms with E-state index in [1.807, 2.05) is 0 Å². The maximum atomic E-state index is 12.2. The summed E-state index contributed by atoms with van der Waals surface area (Å²) >= 11 is 1.20. The van der Waals surface area contributed by atoms with E-state index in [9.17, 15) is 14.4 Å². The van der Waals surface area contributed by atoms with Crippen LogP contribution in [-0.2, 0) is 19.1 Å². The van der Waals surface area contributed by atoms with E-state index < -0.39 is 5.97 Å². The fourth-order valence-electron chi connectivity index (χ4n) is 2.30. The van der Waals surface area contributed by atoms with E-state index in [1.54, 1.807) is 25.1 Å². The summed E-state index contributed by atoms with van der Waals surface area (Å²) in [6.07, 6.45) is 1.23. The summed E-state index contributed by atoms with van der Waals surface area (Å²) in [4.78, 5) is 37.0. The Morgan fingerprint density at radius 1 is 1.36 bits per heavy atom. The molecule has 132 valence electrons. The third kappa shape index (κ3) is 4.05. The number of hydrogen-bond acceptors (Lipinski definition) is 7. The van der Waals surface area contributed by atoms with Gasteiger partial charge in [-0.25, -0.2) is 4.79 Å². The second-order valence-electron chi connectivity index (χ2n) is 5.12. The van der Waals surface area contributed by atoms with Crippen LogP contribution in [0.3, 0.4) is 0 Å². The van der Waals surface area contributed by atoms with Gasteiger partial charge >= 0.3 is 5.97 Å². The molecule has 2 amide bonds. The molecule has 0 atom stereocenters. The molecule has 8 nitrogen and oxygen atoms in total. The first-order valence-electron chi connectivity index (χ1n) is 7.58. The molecule has 0 bridgehead atoms. The van der Waals surface area contributed by atoms with E-state index in [2.05, 4.69) is 5.32 Å². The smallest absolute Gasteiger partial charge is 0.333 e. The number of benzene rings is 1. The fourth-order valence-corrected chi connectivity index (χ4v) is 3.23. The standard InChI is InChI=1S/C16H16N2O6S/c1-2-22-16(21)6-15-18(14(20)8-25-15)7-13(19)17-10-3-4-11-12(5-10)24-9-23-11/h3-6H,2,7-9H2,1H3,(H,17,19). The Labute approximate surface area is 148 Å². The largest absolute Gasteiger partial charge is 0.463 e. The molecule has 1 aromatic carbocycles. The lowest BCUT2D eigenvalue weighted by molar-refractivity contribution is -0.137. The Hall–Kier alpha value is -2.68. The third-order valence-electron chi connectivity index (χ3n) is 3.40. The monoisotopic (exact) mass is 364 g/mol. The van der Waals surface area contributed by atoms with Gasteiger partial charge in [0.15, 0.2) is 11.5 Å². The van der Waals surface area contributed by atoms with Gasteiger partial charge in [-0.1, -0.05) is 11.8 Å². The molecule has 0 spiro atoms. The SMILES string of the molecule is CCOC(=O)C=C1SCC(=O)N1CC(=O)Nc1ccc2c(c1)OCO2. The minimum Gasteiger partial charge on any atom is -0.463 e. The molecule has 0 aliphatic carbocycles. The molecule has 25 heavy (non-hydrogen) atoms. The van der Waals surface area contributed by atoms with Gasteiger partial charge < -0.3 is 19.5 Å². The van der Waals surface area contributed by atoms with Gasteiger partial charge in [-0.15, -0.1) is 0 Å². The number of ether oxygens (including phenoxy) is 3. The highest BCUT2D eigenvalue weighted by Crippen LogP contribution is 2.34. The van der Waals surface area contributed by atoms with Gasteiger partial charge in [-0.05, 0) is 19.1 Å². The van der Waals surface area contributed by atoms with Crippen molar-refractivity contribution in [2.24, 2.45) is 0 Å². The molecule has 0 saturated carbocycles. The van der Waals surface area contributed by atoms with Crippen molar-refractivity contribution < 1.29 is 28.6 Å². The fraction of sp³-hybridized carbons (Fsp3) is 0.312. The molecule has 0 radical (unpaired) electrons. The predicted molar refractivity (Wildman–Crippen MR) is 90.1 cm³/mol. The van der Waals surface area contributed by atoms with Gasteiger partial charge in [0.05, 0.1) is 23.5 Å². The number of esters is 1. The minimum atomic E-state index is -0.541. The van der Waals surface area contributed by atoms with Crippen molar-refractivity contribution in [3.8, 4) is 11.5 Å². The van der Waals surface area contributed by atoms with E-state index in [1.165, 1.54) is 22.7 Å². The van der Waals surface area contributed by atoms with Gasteiger partial charge in [0, 0.05) is 11.8 Å². The summed E-state index contributed by atoms with van der Waals surface area (Å²) in [5, 5.41) is 3.10. The maximum absolute atomic E-state index is 12.2. The molecule has 0 aromatic heterocycles. The zero-order chi connectivity index (χ0) is 17.8. The van der Waals surface area contributed by atoms with Crippen molar-refractivity contribution in [1.29, 1.82) is 0 Å². The van der Waals surface area contributed by atoms with Crippen molar-refractivity contribution in [2.75, 3.05) is 31.0 Å². The number of rotatable bonds is 5. The molecular formula is C16H16N2O6S. The van der Waals surface area contributed by atoms with Crippen LogP contribution in [0.5, 0.6) is 11.5 Å². The van der Waals surface area contributed by atoms with Gasteiger partial charge in [-0.3, -0.25) is 14.5 Å². The lowest BCUT2D eigenvalue weighted by atomic mass is 10.2. The lowest BCUT2D eigenvalue weighted by Crippen LogP contribution is -2.34. The van der Waals surface area contributed by atoms with Crippen LogP contribution in [0.4, 0.5) is 5.69 Å². The number of carbonyl (C=O) groups excluding carboxylic acids is 3. The first-order chi connectivity index (χ1) is 12.1. The number of carbonyl (C=O) groups is 3. The molecule has 2 aliphatic heterocycles. The molecule has 1 fully saturated rings. The zero-order valence-electron chi connectivity index (χ0n) is 13.4. The van der Waals surface area contributed by atoms with E-state index in [0.29, 0.717) is 22.2 Å². The highest BCUT2D eigenvalue weighted by atomic mass is 32.2. The van der Waals surface area contributed by atoms with Crippen LogP contribution < -0.4 is 14.8 Å². The van der Waals surface area contributed by atoms with Crippen molar-refractivity contribution in [2.45, 2.75) is 6.92 Å².